The molecule has 4 aromatic heterocycles. The van der Waals surface area contributed by atoms with Gasteiger partial charge in [0.1, 0.15) is 27.1 Å². The molecule has 3 aliphatic rings. The van der Waals surface area contributed by atoms with Crippen molar-refractivity contribution in [2.75, 3.05) is 0 Å². The molecule has 30 heteroatoms. The van der Waals surface area contributed by atoms with Gasteiger partial charge in [0.25, 0.3) is 0 Å². The summed E-state index contributed by atoms with van der Waals surface area (Å²) < 4.78 is 168. The highest BCUT2D eigenvalue weighted by Gasteiger charge is 2.52. The Morgan fingerprint density at radius 2 is 0.940 bits per heavy atom. The van der Waals surface area contributed by atoms with E-state index in [0.29, 0.717) is 43.1 Å². The lowest BCUT2D eigenvalue weighted by molar-refractivity contribution is -0.145. The number of halogens is 11. The maximum atomic E-state index is 13.3. The summed E-state index contributed by atoms with van der Waals surface area (Å²) in [6.45, 7) is 10.9. The molecule has 7 heterocycles. The van der Waals surface area contributed by atoms with Crippen molar-refractivity contribution in [1.82, 2.24) is 38.5 Å². The van der Waals surface area contributed by atoms with Gasteiger partial charge in [-0.25, -0.2) is 55.5 Å². The fourth-order valence-electron chi connectivity index (χ4n) is 9.35. The van der Waals surface area contributed by atoms with Gasteiger partial charge in [-0.3, -0.25) is 9.59 Å². The zero-order valence-electron chi connectivity index (χ0n) is 45.6. The van der Waals surface area contributed by atoms with E-state index in [9.17, 15) is 61.5 Å². The molecule has 16 nitrogen and oxygen atoms in total. The number of rotatable bonds is 14. The number of benzene rings is 2. The summed E-state index contributed by atoms with van der Waals surface area (Å²) in [4.78, 5) is 47.1. The molecule has 0 radical (unpaired) electrons. The lowest BCUT2D eigenvalue weighted by Crippen LogP contribution is -2.44. The maximum absolute atomic E-state index is 13.3. The van der Waals surface area contributed by atoms with E-state index in [4.69, 9.17) is 44.1 Å². The van der Waals surface area contributed by atoms with Crippen LogP contribution in [0.5, 0.6) is 0 Å². The number of aryl methyl sites for hydroxylation is 2. The van der Waals surface area contributed by atoms with E-state index in [1.165, 1.54) is 38.9 Å². The van der Waals surface area contributed by atoms with Gasteiger partial charge in [0, 0.05) is 60.7 Å². The maximum Gasteiger partial charge on any atom is 0.498 e. The largest absolute Gasteiger partial charge is 0.498 e. The number of pyridine rings is 2. The number of carbonyl (C=O) groups is 2. The van der Waals surface area contributed by atoms with Crippen LogP contribution in [0.1, 0.15) is 103 Å². The highest BCUT2D eigenvalue weighted by molar-refractivity contribution is 7.89. The number of hydrogen-bond donors (Lipinski definition) is 0. The molecule has 84 heavy (non-hydrogen) atoms. The predicted octanol–water partition coefficient (Wildman–Crippen LogP) is 11.2. The Kier molecular flexibility index (Phi) is 20.5. The van der Waals surface area contributed by atoms with Crippen molar-refractivity contribution >= 4 is 79.0 Å². The van der Waals surface area contributed by atoms with Crippen molar-refractivity contribution < 1.29 is 70.9 Å². The number of nitrogens with zero attached hydrogens (tertiary/aromatic N) is 8. The third-order valence-electron chi connectivity index (χ3n) is 14.4. The first-order valence-electron chi connectivity index (χ1n) is 25.8. The Hall–Kier alpha value is -5.65. The Balaban J connectivity index is 0.000000191. The summed E-state index contributed by atoms with van der Waals surface area (Å²) in [5.41, 5.74) is 1.05. The second-order valence-corrected chi connectivity index (χ2v) is 25.8. The molecule has 4 atom stereocenters. The van der Waals surface area contributed by atoms with Gasteiger partial charge >= 0.3 is 19.5 Å². The molecule has 450 valence electrons. The van der Waals surface area contributed by atoms with Crippen LogP contribution in [0.15, 0.2) is 107 Å². The molecule has 0 amide bonds. The summed E-state index contributed by atoms with van der Waals surface area (Å²) in [5, 5.41) is 0.546. The molecule has 0 unspecified atom stereocenters. The number of hydrogen-bond acceptors (Lipinski definition) is 14. The van der Waals surface area contributed by atoms with E-state index in [2.05, 4.69) is 29.9 Å². The molecule has 3 aliphatic heterocycles. The number of alkyl halides is 6. The molecule has 2 aromatic carbocycles. The molecular formula is C54H54BCl3F8N8O8S2. The van der Waals surface area contributed by atoms with Gasteiger partial charge < -0.3 is 9.31 Å². The van der Waals surface area contributed by atoms with Crippen molar-refractivity contribution in [3.05, 3.63) is 147 Å². The molecule has 3 fully saturated rings. The van der Waals surface area contributed by atoms with E-state index >= 15 is 0 Å². The zero-order chi connectivity index (χ0) is 61.9. The summed E-state index contributed by atoms with van der Waals surface area (Å²) >= 11 is 17.9. The SMILES string of the molecule is CC1(C)OB(c2cnc(C(F)(F)F)nc2)OC1(C)C.C[C@H]1CC[C@@H](C(=O)CCc2cc(Cl)nc(-c3cnc(C(F)(F)F)nc3)c2)N1S(=O)(=O)c1ccc(F)cc1.C[C@H]1CC[C@@H](C(=O)CCc2cc(Cl)nc(Cl)c2)N1S(=O)(=O)c1ccc(F)cc1. The van der Waals surface area contributed by atoms with Crippen molar-refractivity contribution in [2.24, 2.45) is 0 Å². The molecule has 0 saturated carbocycles. The fourth-order valence-corrected chi connectivity index (χ4v) is 13.8. The van der Waals surface area contributed by atoms with Crippen LogP contribution in [0.4, 0.5) is 35.1 Å². The summed E-state index contributed by atoms with van der Waals surface area (Å²) in [5.74, 6) is -4.00. The molecular weight excluding hydrogens is 1220 g/mol. The van der Waals surface area contributed by atoms with Crippen molar-refractivity contribution in [1.29, 1.82) is 0 Å². The van der Waals surface area contributed by atoms with Gasteiger partial charge in [0.05, 0.1) is 38.8 Å². The number of aromatic nitrogens is 6. The van der Waals surface area contributed by atoms with Crippen LogP contribution in [0.3, 0.4) is 0 Å². The quantitative estimate of drug-likeness (QED) is 0.0565. The number of sulfonamides is 2. The topological polar surface area (TPSA) is 205 Å². The van der Waals surface area contributed by atoms with Crippen molar-refractivity contribution in [3.63, 3.8) is 0 Å². The molecule has 0 spiro atoms. The number of ketones is 2. The van der Waals surface area contributed by atoms with Gasteiger partial charge in [-0.1, -0.05) is 34.8 Å². The van der Waals surface area contributed by atoms with E-state index in [1.807, 2.05) is 27.7 Å². The minimum absolute atomic E-state index is 0.00385. The van der Waals surface area contributed by atoms with Gasteiger partial charge in [-0.2, -0.15) is 35.0 Å². The minimum atomic E-state index is -4.68. The van der Waals surface area contributed by atoms with Crippen LogP contribution < -0.4 is 5.46 Å². The van der Waals surface area contributed by atoms with Crippen LogP contribution in [0, 0.1) is 11.6 Å². The second-order valence-electron chi connectivity index (χ2n) is 20.9. The second kappa shape index (κ2) is 26.1. The van der Waals surface area contributed by atoms with Gasteiger partial charge in [-0.15, -0.1) is 0 Å². The van der Waals surface area contributed by atoms with E-state index in [0.717, 1.165) is 54.6 Å². The standard InChI is InChI=1S/C24H21ClF4N4O3S.C19H19Cl2FN2O3S.C11H14BF3N2O2/c1-14-2-8-20(33(14)37(35,36)18-6-4-17(26)5-7-18)21(34)9-3-15-10-19(32-22(25)11-15)16-12-30-23(31-13-16)24(27,28)29;1-12-2-8-16(17(25)9-3-13-10-18(20)23-19(21)11-13)24(12)28(26,27)15-6-4-14(22)5-7-15;1-9(2)10(3,4)19-12(18-9)7-5-16-8(17-6-7)11(13,14)15/h4-7,10-14,20H,2-3,8-9H2,1H3;4-7,10-12,16H,2-3,8-9H2,1H3;5-6H,1-4H3/t14-,20-;12-,16-;/m00./s1. The Morgan fingerprint density at radius 3 is 1.32 bits per heavy atom. The van der Waals surface area contributed by atoms with Crippen LogP contribution in [0.25, 0.3) is 11.3 Å². The Labute approximate surface area is 495 Å². The molecule has 3 saturated heterocycles. The normalized spacial score (nSPS) is 20.0. The van der Waals surface area contributed by atoms with Crippen LogP contribution in [0.2, 0.25) is 15.5 Å². The molecule has 0 bridgehead atoms. The monoisotopic (exact) mass is 1270 g/mol. The first-order valence-corrected chi connectivity index (χ1v) is 29.9. The van der Waals surface area contributed by atoms with E-state index in [-0.39, 0.29) is 73.4 Å². The summed E-state index contributed by atoms with van der Waals surface area (Å²) in [6.07, 6.45) is -2.46. The van der Waals surface area contributed by atoms with E-state index in [1.54, 1.807) is 32.0 Å². The molecule has 0 N–H and O–H groups in total. The Bertz CT molecular complexity index is 3530. The lowest BCUT2D eigenvalue weighted by Gasteiger charge is -2.32. The van der Waals surface area contributed by atoms with Crippen LogP contribution in [-0.2, 0) is 64.1 Å². The third kappa shape index (κ3) is 15.9. The minimum Gasteiger partial charge on any atom is -0.399 e. The third-order valence-corrected chi connectivity index (χ3v) is 19.0. The summed E-state index contributed by atoms with van der Waals surface area (Å²) in [6, 6.07) is 13.1. The van der Waals surface area contributed by atoms with Crippen LogP contribution in [-0.4, -0.2) is 109 Å². The number of carbonyl (C=O) groups excluding carboxylic acids is 2. The first kappa shape index (κ1) is 65.9. The molecule has 6 aromatic rings. The fraction of sp³-hybridized carbons (Fsp3) is 0.407. The van der Waals surface area contributed by atoms with Gasteiger partial charge in [0.15, 0.2) is 11.6 Å². The Morgan fingerprint density at radius 1 is 0.583 bits per heavy atom. The molecule has 9 rings (SSSR count). The highest BCUT2D eigenvalue weighted by Crippen LogP contribution is 2.38. The van der Waals surface area contributed by atoms with Gasteiger partial charge in [-0.05, 0) is 164 Å². The summed E-state index contributed by atoms with van der Waals surface area (Å²) in [7, 11) is -8.68. The highest BCUT2D eigenvalue weighted by atomic mass is 35.5. The average Bonchev–Trinajstić information content (AvgIpc) is 3.55. The van der Waals surface area contributed by atoms with Crippen molar-refractivity contribution in [3.8, 4) is 11.3 Å². The zero-order valence-corrected chi connectivity index (χ0v) is 49.5. The lowest BCUT2D eigenvalue weighted by atomic mass is 9.81. The van der Waals surface area contributed by atoms with Crippen molar-refractivity contribution in [2.45, 2.75) is 150 Å². The van der Waals surface area contributed by atoms with Gasteiger partial charge in [0.2, 0.25) is 31.7 Å². The van der Waals surface area contributed by atoms with E-state index < -0.39 is 92.1 Å². The average molecular weight is 1280 g/mol. The molecule has 0 aliphatic carbocycles. The van der Waals surface area contributed by atoms with Crippen LogP contribution >= 0.6 is 34.8 Å². The smallest absolute Gasteiger partial charge is 0.399 e. The number of Topliss-reactive ketones (excluding diaryl/α,β-unsaturated/α-hetero) is 2. The first-order chi connectivity index (χ1) is 39.1. The predicted molar refractivity (Wildman–Crippen MR) is 295 cm³/mol.